The molecule has 0 amide bonds. The van der Waals surface area contributed by atoms with Gasteiger partial charge in [-0.15, -0.1) is 0 Å². The van der Waals surface area contributed by atoms with Crippen molar-refractivity contribution in [2.45, 2.75) is 6.42 Å². The van der Waals surface area contributed by atoms with Crippen LogP contribution in [0.25, 0.3) is 0 Å². The van der Waals surface area contributed by atoms with E-state index in [0.717, 1.165) is 12.0 Å². The Kier molecular flexibility index (Phi) is 2.62. The third-order valence-electron chi connectivity index (χ3n) is 1.45. The van der Waals surface area contributed by atoms with Crippen molar-refractivity contribution in [3.8, 4) is 6.07 Å². The van der Waals surface area contributed by atoms with E-state index in [4.69, 9.17) is 16.7 Å². The second kappa shape index (κ2) is 3.69. The van der Waals surface area contributed by atoms with Gasteiger partial charge in [0, 0.05) is 0 Å². The average Bonchev–Trinajstić information content (AvgIpc) is 2.04. The van der Waals surface area contributed by atoms with Crippen molar-refractivity contribution in [1.82, 2.24) is 4.98 Å². The second-order valence-electron chi connectivity index (χ2n) is 2.44. The molecule has 0 aromatic carbocycles. The summed E-state index contributed by atoms with van der Waals surface area (Å²) in [7, 11) is 0. The number of pyridine rings is 1. The van der Waals surface area contributed by atoms with Crippen molar-refractivity contribution in [3.05, 3.63) is 23.4 Å². The number of hydrogen-bond acceptors (Lipinski definition) is 4. The predicted octanol–water partition coefficient (Wildman–Crippen LogP) is 0.0367. The Hall–Kier alpha value is -1.60. The van der Waals surface area contributed by atoms with Crippen molar-refractivity contribution < 1.29 is 0 Å². The Labute approximate surface area is 70.8 Å². The zero-order chi connectivity index (χ0) is 8.97. The van der Waals surface area contributed by atoms with Gasteiger partial charge in [0.2, 0.25) is 0 Å². The molecule has 12 heavy (non-hydrogen) atoms. The summed E-state index contributed by atoms with van der Waals surface area (Å²) in [5.41, 5.74) is 12.1. The lowest BCUT2D eigenvalue weighted by molar-refractivity contribution is 0.963. The monoisotopic (exact) mass is 162 g/mol. The smallest absolute Gasteiger partial charge is 0.143 e. The summed E-state index contributed by atoms with van der Waals surface area (Å²) in [6.07, 6.45) is 0.724. The Morgan fingerprint density at radius 2 is 2.25 bits per heavy atom. The SMILES string of the molecule is N#Cc1cc(CCN)cc(N)n1. The van der Waals surface area contributed by atoms with Crippen molar-refractivity contribution in [1.29, 1.82) is 5.26 Å². The van der Waals surface area contributed by atoms with Crippen molar-refractivity contribution >= 4 is 5.82 Å². The van der Waals surface area contributed by atoms with Crippen LogP contribution in [0.3, 0.4) is 0 Å². The van der Waals surface area contributed by atoms with Crippen LogP contribution < -0.4 is 11.5 Å². The van der Waals surface area contributed by atoms with E-state index in [1.165, 1.54) is 0 Å². The third kappa shape index (κ3) is 1.94. The van der Waals surface area contributed by atoms with Gasteiger partial charge in [-0.25, -0.2) is 4.98 Å². The molecule has 4 heteroatoms. The number of nitriles is 1. The summed E-state index contributed by atoms with van der Waals surface area (Å²) in [4.78, 5) is 3.81. The van der Waals surface area contributed by atoms with Gasteiger partial charge in [-0.1, -0.05) is 0 Å². The molecule has 0 bridgehead atoms. The molecule has 0 fully saturated rings. The molecular weight excluding hydrogens is 152 g/mol. The van der Waals surface area contributed by atoms with E-state index in [1.54, 1.807) is 12.1 Å². The number of nitrogens with two attached hydrogens (primary N) is 2. The molecule has 0 aliphatic heterocycles. The Balaban J connectivity index is 3.00. The summed E-state index contributed by atoms with van der Waals surface area (Å²) < 4.78 is 0. The number of nitrogen functional groups attached to an aromatic ring is 1. The first-order valence-corrected chi connectivity index (χ1v) is 3.63. The van der Waals surface area contributed by atoms with E-state index in [9.17, 15) is 0 Å². The van der Waals surface area contributed by atoms with Crippen molar-refractivity contribution in [2.75, 3.05) is 12.3 Å². The van der Waals surface area contributed by atoms with Crippen LogP contribution in [0.2, 0.25) is 0 Å². The topological polar surface area (TPSA) is 88.7 Å². The second-order valence-corrected chi connectivity index (χ2v) is 2.44. The number of anilines is 1. The number of aromatic nitrogens is 1. The number of hydrogen-bond donors (Lipinski definition) is 2. The highest BCUT2D eigenvalue weighted by atomic mass is 14.8. The van der Waals surface area contributed by atoms with E-state index in [0.29, 0.717) is 18.1 Å². The normalized spacial score (nSPS) is 9.33. The Bertz CT molecular complexity index is 313. The minimum Gasteiger partial charge on any atom is -0.384 e. The van der Waals surface area contributed by atoms with Crippen LogP contribution in [0.5, 0.6) is 0 Å². The lowest BCUT2D eigenvalue weighted by Crippen LogP contribution is -2.04. The Morgan fingerprint density at radius 1 is 1.50 bits per heavy atom. The first-order chi connectivity index (χ1) is 5.76. The molecule has 0 radical (unpaired) electrons. The van der Waals surface area contributed by atoms with Crippen molar-refractivity contribution in [3.63, 3.8) is 0 Å². The summed E-state index contributed by atoms with van der Waals surface area (Å²) in [6, 6.07) is 5.36. The summed E-state index contributed by atoms with van der Waals surface area (Å²) >= 11 is 0. The minimum absolute atomic E-state index is 0.346. The van der Waals surface area contributed by atoms with Crippen LogP contribution in [0.4, 0.5) is 5.82 Å². The van der Waals surface area contributed by atoms with Gasteiger partial charge in [0.05, 0.1) is 0 Å². The molecule has 1 aromatic heterocycles. The maximum absolute atomic E-state index is 8.56. The summed E-state index contributed by atoms with van der Waals surface area (Å²) in [6.45, 7) is 0.550. The third-order valence-corrected chi connectivity index (χ3v) is 1.45. The molecule has 1 aromatic rings. The molecule has 4 nitrogen and oxygen atoms in total. The number of nitrogens with zero attached hydrogens (tertiary/aromatic N) is 2. The van der Waals surface area contributed by atoms with Gasteiger partial charge in [0.25, 0.3) is 0 Å². The quantitative estimate of drug-likeness (QED) is 0.642. The van der Waals surface area contributed by atoms with E-state index in [1.807, 2.05) is 6.07 Å². The fraction of sp³-hybridized carbons (Fsp3) is 0.250. The van der Waals surface area contributed by atoms with E-state index < -0.39 is 0 Å². The molecular formula is C8H10N4. The minimum atomic E-state index is 0.346. The molecule has 0 aliphatic rings. The van der Waals surface area contributed by atoms with Crippen LogP contribution in [0, 0.1) is 11.3 Å². The standard InChI is InChI=1S/C8H10N4/c9-2-1-6-3-7(5-10)12-8(11)4-6/h3-4H,1-2,9H2,(H2,11,12). The molecule has 0 saturated carbocycles. The van der Waals surface area contributed by atoms with E-state index in [-0.39, 0.29) is 0 Å². The zero-order valence-electron chi connectivity index (χ0n) is 6.62. The van der Waals surface area contributed by atoms with Gasteiger partial charge in [-0.05, 0) is 30.7 Å². The molecule has 0 saturated heterocycles. The molecule has 1 rings (SSSR count). The molecule has 0 spiro atoms. The highest BCUT2D eigenvalue weighted by Crippen LogP contribution is 2.06. The number of rotatable bonds is 2. The predicted molar refractivity (Wildman–Crippen MR) is 46.1 cm³/mol. The van der Waals surface area contributed by atoms with Crippen molar-refractivity contribution in [2.24, 2.45) is 5.73 Å². The largest absolute Gasteiger partial charge is 0.384 e. The molecule has 4 N–H and O–H groups in total. The van der Waals surface area contributed by atoms with Crippen LogP contribution in [-0.4, -0.2) is 11.5 Å². The van der Waals surface area contributed by atoms with Crippen LogP contribution >= 0.6 is 0 Å². The van der Waals surface area contributed by atoms with Crippen LogP contribution in [-0.2, 0) is 6.42 Å². The fourth-order valence-corrected chi connectivity index (χ4v) is 0.979. The zero-order valence-corrected chi connectivity index (χ0v) is 6.62. The van der Waals surface area contributed by atoms with Gasteiger partial charge in [0.1, 0.15) is 17.6 Å². The van der Waals surface area contributed by atoms with E-state index in [2.05, 4.69) is 4.98 Å². The van der Waals surface area contributed by atoms with Gasteiger partial charge in [-0.2, -0.15) is 5.26 Å². The first-order valence-electron chi connectivity index (χ1n) is 3.63. The van der Waals surface area contributed by atoms with E-state index >= 15 is 0 Å². The maximum Gasteiger partial charge on any atom is 0.143 e. The molecule has 0 atom stereocenters. The molecule has 62 valence electrons. The maximum atomic E-state index is 8.56. The lowest BCUT2D eigenvalue weighted by atomic mass is 10.1. The van der Waals surface area contributed by atoms with Gasteiger partial charge >= 0.3 is 0 Å². The highest BCUT2D eigenvalue weighted by Gasteiger charge is 1.98. The van der Waals surface area contributed by atoms with Gasteiger partial charge < -0.3 is 11.5 Å². The molecule has 0 unspecified atom stereocenters. The summed E-state index contributed by atoms with van der Waals surface area (Å²) in [5, 5.41) is 8.56. The molecule has 0 aliphatic carbocycles. The van der Waals surface area contributed by atoms with Gasteiger partial charge in [-0.3, -0.25) is 0 Å². The summed E-state index contributed by atoms with van der Waals surface area (Å²) in [5.74, 6) is 0.373. The lowest BCUT2D eigenvalue weighted by Gasteiger charge is -1.99. The highest BCUT2D eigenvalue weighted by molar-refractivity contribution is 5.38. The van der Waals surface area contributed by atoms with Crippen LogP contribution in [0.15, 0.2) is 12.1 Å². The average molecular weight is 162 g/mol. The Morgan fingerprint density at radius 3 is 2.83 bits per heavy atom. The fourth-order valence-electron chi connectivity index (χ4n) is 0.979. The van der Waals surface area contributed by atoms with Gasteiger partial charge in [0.15, 0.2) is 0 Å². The van der Waals surface area contributed by atoms with Crippen LogP contribution in [0.1, 0.15) is 11.3 Å². The first kappa shape index (κ1) is 8.50. The molecule has 1 heterocycles.